The van der Waals surface area contributed by atoms with Gasteiger partial charge in [-0.25, -0.2) is 4.79 Å². The largest absolute Gasteiger partial charge is 0.477 e. The highest BCUT2D eigenvalue weighted by atomic mass is 16.7. The Bertz CT molecular complexity index is 691. The maximum absolute atomic E-state index is 12.5. The zero-order valence-corrected chi connectivity index (χ0v) is 20.8. The topological polar surface area (TPSA) is 211 Å². The van der Waals surface area contributed by atoms with E-state index >= 15 is 0 Å². The van der Waals surface area contributed by atoms with Crippen LogP contribution in [0.15, 0.2) is 0 Å². The van der Waals surface area contributed by atoms with Crippen molar-refractivity contribution in [3.63, 3.8) is 0 Å². The molecule has 6 unspecified atom stereocenters. The number of carbonyl (C=O) groups excluding carboxylic acids is 2. The fourth-order valence-electron chi connectivity index (χ4n) is 3.35. The van der Waals surface area contributed by atoms with Crippen molar-refractivity contribution in [1.29, 1.82) is 0 Å². The van der Waals surface area contributed by atoms with Gasteiger partial charge in [0.1, 0.15) is 24.9 Å². The van der Waals surface area contributed by atoms with Crippen molar-refractivity contribution in [2.24, 2.45) is 5.92 Å². The van der Waals surface area contributed by atoms with E-state index in [9.17, 15) is 39.9 Å². The lowest BCUT2D eigenvalue weighted by Gasteiger charge is -2.46. The highest BCUT2D eigenvalue weighted by Crippen LogP contribution is 2.34. The maximum atomic E-state index is 12.5. The Hall–Kier alpha value is -1.91. The number of aliphatic hydroxyl groups is 4. The SMILES string of the molecule is COCCOCCOC(=O)CCC(=O)NC1C(O)CC(OCC(C)C)(C(=O)O)OC1C(O)C(O)CO. The van der Waals surface area contributed by atoms with Crippen LogP contribution in [-0.2, 0) is 38.1 Å². The standard InChI is InChI=1S/C22H39NO13/c1-13(2)12-35-22(21(30)31)10-14(25)18(20(36-22)19(29)15(26)11-24)23-16(27)4-5-17(28)34-9-8-33-7-6-32-3/h13-15,18-20,24-26,29H,4-12H2,1-3H3,(H,23,27)(H,30,31). The third-order valence-electron chi connectivity index (χ3n) is 5.27. The second kappa shape index (κ2) is 16.0. The predicted octanol–water partition coefficient (Wildman–Crippen LogP) is -2.22. The molecule has 6 N–H and O–H groups in total. The number of carboxylic acids is 1. The molecule has 1 heterocycles. The van der Waals surface area contributed by atoms with Crippen LogP contribution in [0.2, 0.25) is 0 Å². The molecule has 14 nitrogen and oxygen atoms in total. The van der Waals surface area contributed by atoms with Gasteiger partial charge >= 0.3 is 11.9 Å². The minimum atomic E-state index is -2.36. The summed E-state index contributed by atoms with van der Waals surface area (Å²) < 4.78 is 25.9. The Morgan fingerprint density at radius 3 is 2.36 bits per heavy atom. The number of nitrogens with one attached hydrogen (secondary N) is 1. The number of aliphatic carboxylic acids is 1. The molecule has 0 aromatic heterocycles. The lowest BCUT2D eigenvalue weighted by molar-refractivity contribution is -0.313. The van der Waals surface area contributed by atoms with E-state index in [1.165, 1.54) is 7.11 Å². The van der Waals surface area contributed by atoms with Crippen molar-refractivity contribution in [2.75, 3.05) is 46.8 Å². The fraction of sp³-hybridized carbons (Fsp3) is 0.864. The lowest BCUT2D eigenvalue weighted by atomic mass is 9.88. The second-order valence-electron chi connectivity index (χ2n) is 8.78. The average molecular weight is 526 g/mol. The molecule has 1 amide bonds. The zero-order valence-electron chi connectivity index (χ0n) is 20.8. The van der Waals surface area contributed by atoms with Crippen LogP contribution in [0.25, 0.3) is 0 Å². The van der Waals surface area contributed by atoms with Crippen LogP contribution in [0.1, 0.15) is 33.1 Å². The quantitative estimate of drug-likeness (QED) is 0.0878. The molecule has 0 spiro atoms. The second-order valence-corrected chi connectivity index (χ2v) is 8.78. The van der Waals surface area contributed by atoms with Crippen molar-refractivity contribution in [3.05, 3.63) is 0 Å². The molecular weight excluding hydrogens is 486 g/mol. The van der Waals surface area contributed by atoms with Crippen molar-refractivity contribution in [2.45, 2.75) is 69.4 Å². The summed E-state index contributed by atoms with van der Waals surface area (Å²) in [6, 6.07) is -1.38. The van der Waals surface area contributed by atoms with Crippen LogP contribution in [0.3, 0.4) is 0 Å². The summed E-state index contributed by atoms with van der Waals surface area (Å²) in [6.07, 6.45) is -8.13. The number of amides is 1. The van der Waals surface area contributed by atoms with Gasteiger partial charge in [-0.3, -0.25) is 9.59 Å². The van der Waals surface area contributed by atoms with Gasteiger partial charge in [0.05, 0.1) is 51.6 Å². The molecule has 0 aliphatic carbocycles. The summed E-state index contributed by atoms with van der Waals surface area (Å²) in [5.41, 5.74) is 0. The highest BCUT2D eigenvalue weighted by molar-refractivity contribution is 5.81. The van der Waals surface area contributed by atoms with E-state index in [0.29, 0.717) is 13.2 Å². The molecule has 36 heavy (non-hydrogen) atoms. The number of methoxy groups -OCH3 is 1. The highest BCUT2D eigenvalue weighted by Gasteiger charge is 2.55. The van der Waals surface area contributed by atoms with Gasteiger partial charge in [0.2, 0.25) is 5.91 Å². The first-order valence-electron chi connectivity index (χ1n) is 11.7. The smallest absolute Gasteiger partial charge is 0.364 e. The minimum Gasteiger partial charge on any atom is -0.477 e. The third-order valence-corrected chi connectivity index (χ3v) is 5.27. The summed E-state index contributed by atoms with van der Waals surface area (Å²) in [4.78, 5) is 36.3. The molecule has 0 aromatic rings. The Morgan fingerprint density at radius 2 is 1.78 bits per heavy atom. The number of aliphatic hydroxyl groups excluding tert-OH is 4. The number of carbonyl (C=O) groups is 3. The van der Waals surface area contributed by atoms with E-state index in [2.05, 4.69) is 5.32 Å². The number of ether oxygens (including phenoxy) is 5. The van der Waals surface area contributed by atoms with Crippen molar-refractivity contribution in [1.82, 2.24) is 5.32 Å². The first-order chi connectivity index (χ1) is 17.0. The number of hydrogen-bond acceptors (Lipinski definition) is 12. The van der Waals surface area contributed by atoms with Gasteiger partial charge in [0, 0.05) is 20.0 Å². The first kappa shape index (κ1) is 32.1. The van der Waals surface area contributed by atoms with E-state index in [0.717, 1.165) is 0 Å². The van der Waals surface area contributed by atoms with Crippen LogP contribution in [0, 0.1) is 5.92 Å². The van der Waals surface area contributed by atoms with Gasteiger partial charge in [-0.15, -0.1) is 0 Å². The Labute approximate surface area is 209 Å². The van der Waals surface area contributed by atoms with Gasteiger partial charge in [-0.2, -0.15) is 0 Å². The number of esters is 1. The molecule has 1 saturated heterocycles. The van der Waals surface area contributed by atoms with Crippen LogP contribution >= 0.6 is 0 Å². The molecular formula is C22H39NO13. The average Bonchev–Trinajstić information content (AvgIpc) is 2.83. The molecule has 210 valence electrons. The lowest BCUT2D eigenvalue weighted by Crippen LogP contribution is -2.68. The van der Waals surface area contributed by atoms with Crippen LogP contribution < -0.4 is 5.32 Å². The van der Waals surface area contributed by atoms with E-state index in [1.54, 1.807) is 13.8 Å². The summed E-state index contributed by atoms with van der Waals surface area (Å²) in [7, 11) is 1.52. The molecule has 0 aromatic carbocycles. The summed E-state index contributed by atoms with van der Waals surface area (Å²) in [5.74, 6) is -5.42. The monoisotopic (exact) mass is 525 g/mol. The van der Waals surface area contributed by atoms with E-state index < -0.39 is 67.1 Å². The van der Waals surface area contributed by atoms with Crippen LogP contribution in [-0.4, -0.2) is 126 Å². The van der Waals surface area contributed by atoms with Gasteiger partial charge in [0.15, 0.2) is 0 Å². The van der Waals surface area contributed by atoms with E-state index in [4.69, 9.17) is 23.7 Å². The van der Waals surface area contributed by atoms with Crippen molar-refractivity contribution >= 4 is 17.8 Å². The zero-order chi connectivity index (χ0) is 27.3. The Kier molecular flexibility index (Phi) is 14.3. The van der Waals surface area contributed by atoms with E-state index in [-0.39, 0.29) is 38.6 Å². The first-order valence-corrected chi connectivity index (χ1v) is 11.7. The summed E-state index contributed by atoms with van der Waals surface area (Å²) in [5, 5.41) is 52.5. The third kappa shape index (κ3) is 10.2. The van der Waals surface area contributed by atoms with Crippen LogP contribution in [0.5, 0.6) is 0 Å². The molecule has 1 fully saturated rings. The van der Waals surface area contributed by atoms with Crippen molar-refractivity contribution < 1.29 is 63.6 Å². The molecule has 0 radical (unpaired) electrons. The fourth-order valence-corrected chi connectivity index (χ4v) is 3.35. The molecule has 1 rings (SSSR count). The number of rotatable bonds is 17. The molecule has 6 atom stereocenters. The van der Waals surface area contributed by atoms with Gasteiger partial charge < -0.3 is 54.5 Å². The molecule has 1 aliphatic rings. The number of hydrogen-bond donors (Lipinski definition) is 6. The Morgan fingerprint density at radius 1 is 1.11 bits per heavy atom. The molecule has 0 saturated carbocycles. The predicted molar refractivity (Wildman–Crippen MR) is 121 cm³/mol. The van der Waals surface area contributed by atoms with Gasteiger partial charge in [0.25, 0.3) is 5.79 Å². The minimum absolute atomic E-state index is 0.0136. The molecule has 0 bridgehead atoms. The van der Waals surface area contributed by atoms with Crippen molar-refractivity contribution in [3.8, 4) is 0 Å². The Balaban J connectivity index is 2.81. The maximum Gasteiger partial charge on any atom is 0.364 e. The summed E-state index contributed by atoms with van der Waals surface area (Å²) in [6.45, 7) is 3.45. The van der Waals surface area contributed by atoms with Gasteiger partial charge in [-0.1, -0.05) is 13.8 Å². The van der Waals surface area contributed by atoms with Crippen LogP contribution in [0.4, 0.5) is 0 Å². The number of carboxylic acid groups (broad SMARTS) is 1. The molecule has 1 aliphatic heterocycles. The van der Waals surface area contributed by atoms with E-state index in [1.807, 2.05) is 0 Å². The normalized spacial score (nSPS) is 25.8. The summed E-state index contributed by atoms with van der Waals surface area (Å²) >= 11 is 0. The van der Waals surface area contributed by atoms with Gasteiger partial charge in [-0.05, 0) is 5.92 Å². The molecule has 14 heteroatoms.